The topological polar surface area (TPSA) is 0 Å². The van der Waals surface area contributed by atoms with Crippen LogP contribution in [0.3, 0.4) is 0 Å². The van der Waals surface area contributed by atoms with Crippen LogP contribution in [-0.4, -0.2) is 28.7 Å². The van der Waals surface area contributed by atoms with Crippen molar-refractivity contribution >= 4 is 29.5 Å². The van der Waals surface area contributed by atoms with Gasteiger partial charge in [-0.1, -0.05) is 0 Å². The Morgan fingerprint density at radius 3 is 2.46 bits per heavy atom. The Morgan fingerprint density at radius 2 is 1.77 bits per heavy atom. The molecule has 1 aliphatic rings. The summed E-state index contributed by atoms with van der Waals surface area (Å²) in [6, 6.07) is 0. The predicted molar refractivity (Wildman–Crippen MR) is 63.7 cm³/mol. The predicted octanol–water partition coefficient (Wildman–Crippen LogP) is 3.81. The van der Waals surface area contributed by atoms with Crippen LogP contribution in [-0.2, 0) is 0 Å². The zero-order chi connectivity index (χ0) is 9.36. The molecular formula is C11H21LiS. The molecule has 1 rings (SSSR count). The number of hydrogen-bond donors (Lipinski definition) is 0. The molecule has 0 atom stereocenters. The van der Waals surface area contributed by atoms with Gasteiger partial charge in [-0.25, -0.2) is 0 Å². The summed E-state index contributed by atoms with van der Waals surface area (Å²) in [6.45, 7) is 0. The Kier molecular flexibility index (Phi) is 7.65. The first kappa shape index (κ1) is 12.0. The maximum absolute atomic E-state index is 2.29. The van der Waals surface area contributed by atoms with Crippen molar-refractivity contribution in [1.29, 1.82) is 0 Å². The van der Waals surface area contributed by atoms with Crippen molar-refractivity contribution in [3.8, 4) is 0 Å². The van der Waals surface area contributed by atoms with E-state index in [0.717, 1.165) is 5.25 Å². The van der Waals surface area contributed by atoms with E-state index in [9.17, 15) is 0 Å². The van der Waals surface area contributed by atoms with Crippen molar-refractivity contribution < 1.29 is 0 Å². The summed E-state index contributed by atoms with van der Waals surface area (Å²) in [4.78, 5) is 0. The van der Waals surface area contributed by atoms with E-state index in [0.29, 0.717) is 0 Å². The number of thioether (sulfide) groups is 1. The third-order valence-corrected chi connectivity index (χ3v) is 4.37. The van der Waals surface area contributed by atoms with Gasteiger partial charge >= 0.3 is 96.9 Å². The van der Waals surface area contributed by atoms with Crippen molar-refractivity contribution in [3.63, 3.8) is 0 Å². The molecule has 0 aromatic rings. The number of rotatable bonds is 6. The fourth-order valence-electron chi connectivity index (χ4n) is 2.01. The molecule has 1 fully saturated rings. The van der Waals surface area contributed by atoms with Gasteiger partial charge in [-0.15, -0.1) is 0 Å². The van der Waals surface area contributed by atoms with E-state index in [2.05, 4.69) is 29.5 Å². The van der Waals surface area contributed by atoms with Gasteiger partial charge in [0.25, 0.3) is 0 Å². The molecule has 0 radical (unpaired) electrons. The molecule has 0 aromatic carbocycles. The van der Waals surface area contributed by atoms with Gasteiger partial charge in [-0.2, -0.15) is 0 Å². The maximum atomic E-state index is 2.29. The van der Waals surface area contributed by atoms with E-state index in [1.165, 1.54) is 62.2 Å². The van der Waals surface area contributed by atoms with Crippen LogP contribution in [0.2, 0.25) is 5.09 Å². The number of hydrogen-bond acceptors (Lipinski definition) is 1. The van der Waals surface area contributed by atoms with Gasteiger partial charge in [0.05, 0.1) is 0 Å². The van der Waals surface area contributed by atoms with Crippen LogP contribution < -0.4 is 0 Å². The average molecular weight is 192 g/mol. The standard InChI is InChI=1S/C11H21S.Li/c1-2-3-7-10-12-11-8-5-4-6-9-11;/h11H,1-10H2;. The molecule has 0 amide bonds. The van der Waals surface area contributed by atoms with Crippen molar-refractivity contribution in [2.75, 3.05) is 5.75 Å². The first-order valence-electron chi connectivity index (χ1n) is 6.05. The monoisotopic (exact) mass is 192 g/mol. The molecule has 0 N–H and O–H groups in total. The van der Waals surface area contributed by atoms with Gasteiger partial charge in [0.1, 0.15) is 0 Å². The molecule has 0 heterocycles. The second kappa shape index (κ2) is 8.27. The third kappa shape index (κ3) is 6.10. The molecule has 0 saturated heterocycles. The van der Waals surface area contributed by atoms with Gasteiger partial charge in [-0.05, 0) is 0 Å². The Labute approximate surface area is 96.8 Å². The summed E-state index contributed by atoms with van der Waals surface area (Å²) in [7, 11) is 0. The van der Waals surface area contributed by atoms with Gasteiger partial charge < -0.3 is 0 Å². The molecule has 13 heavy (non-hydrogen) atoms. The van der Waals surface area contributed by atoms with Crippen LogP contribution in [0.1, 0.15) is 51.4 Å². The summed E-state index contributed by atoms with van der Waals surface area (Å²) in [6.07, 6.45) is 11.8. The zero-order valence-corrected chi connectivity index (χ0v) is 9.87. The number of unbranched alkanes of at least 4 members (excludes halogenated alkanes) is 2. The summed E-state index contributed by atoms with van der Waals surface area (Å²) < 4.78 is 0. The summed E-state index contributed by atoms with van der Waals surface area (Å²) in [5.41, 5.74) is 0. The van der Waals surface area contributed by atoms with Crippen molar-refractivity contribution in [2.24, 2.45) is 0 Å². The molecule has 0 spiro atoms. The van der Waals surface area contributed by atoms with Crippen LogP contribution in [0.15, 0.2) is 0 Å². The fourth-order valence-corrected chi connectivity index (χ4v) is 3.38. The van der Waals surface area contributed by atoms with E-state index in [-0.39, 0.29) is 0 Å². The van der Waals surface area contributed by atoms with Crippen LogP contribution >= 0.6 is 11.8 Å². The van der Waals surface area contributed by atoms with Crippen LogP contribution in [0.25, 0.3) is 0 Å². The van der Waals surface area contributed by atoms with Crippen LogP contribution in [0, 0.1) is 0 Å². The Bertz CT molecular complexity index is 111. The second-order valence-corrected chi connectivity index (χ2v) is 5.60. The molecule has 0 bridgehead atoms. The first-order valence-corrected chi connectivity index (χ1v) is 7.10. The van der Waals surface area contributed by atoms with Crippen LogP contribution in [0.4, 0.5) is 0 Å². The van der Waals surface area contributed by atoms with E-state index in [1.807, 2.05) is 0 Å². The minimum atomic E-state index is 1.02. The van der Waals surface area contributed by atoms with E-state index in [4.69, 9.17) is 0 Å². The normalized spacial score (nSPS) is 19.2. The van der Waals surface area contributed by atoms with Gasteiger partial charge in [-0.3, -0.25) is 0 Å². The van der Waals surface area contributed by atoms with E-state index < -0.39 is 0 Å². The quantitative estimate of drug-likeness (QED) is 0.455. The molecular weight excluding hydrogens is 171 g/mol. The third-order valence-electron chi connectivity index (χ3n) is 2.90. The molecule has 1 aliphatic carbocycles. The van der Waals surface area contributed by atoms with Gasteiger partial charge in [0.2, 0.25) is 0 Å². The summed E-state index contributed by atoms with van der Waals surface area (Å²) in [5.74, 6) is 1.42. The second-order valence-electron chi connectivity index (χ2n) is 4.19. The molecule has 0 aromatic heterocycles. The average Bonchev–Trinajstić information content (AvgIpc) is 2.19. The SMILES string of the molecule is [Li][CH2]CCCCSC1CCCCC1. The molecule has 0 nitrogen and oxygen atoms in total. The molecule has 1 saturated carbocycles. The zero-order valence-electron chi connectivity index (χ0n) is 9.06. The molecule has 72 valence electrons. The van der Waals surface area contributed by atoms with Crippen LogP contribution in [0.5, 0.6) is 0 Å². The van der Waals surface area contributed by atoms with Gasteiger partial charge in [0, 0.05) is 0 Å². The molecule has 0 aliphatic heterocycles. The van der Waals surface area contributed by atoms with Gasteiger partial charge in [0.15, 0.2) is 0 Å². The Hall–Kier alpha value is 0.947. The Balaban J connectivity index is 1.86. The fraction of sp³-hybridized carbons (Fsp3) is 1.00. The molecule has 2 heteroatoms. The minimum absolute atomic E-state index is 1.02. The first-order chi connectivity index (χ1) is 6.43. The van der Waals surface area contributed by atoms with Crippen molar-refractivity contribution in [1.82, 2.24) is 0 Å². The Morgan fingerprint density at radius 1 is 1.00 bits per heavy atom. The summed E-state index contributed by atoms with van der Waals surface area (Å²) in [5, 5.41) is 2.39. The van der Waals surface area contributed by atoms with Crippen molar-refractivity contribution in [3.05, 3.63) is 0 Å². The molecule has 0 unspecified atom stereocenters. The summed E-state index contributed by atoms with van der Waals surface area (Å²) >= 11 is 4.53. The van der Waals surface area contributed by atoms with E-state index >= 15 is 0 Å². The van der Waals surface area contributed by atoms with E-state index in [1.54, 1.807) is 0 Å². The van der Waals surface area contributed by atoms with Crippen molar-refractivity contribution in [2.45, 2.75) is 61.7 Å².